The van der Waals surface area contributed by atoms with Gasteiger partial charge in [0, 0.05) is 40.8 Å². The van der Waals surface area contributed by atoms with Crippen LogP contribution in [0.25, 0.3) is 6.08 Å². The van der Waals surface area contributed by atoms with Crippen molar-refractivity contribution in [2.75, 3.05) is 25.6 Å². The number of esters is 2. The van der Waals surface area contributed by atoms with Gasteiger partial charge in [0.05, 0.1) is 19.3 Å². The molecule has 0 atom stereocenters. The summed E-state index contributed by atoms with van der Waals surface area (Å²) in [5, 5.41) is 5.15. The number of nitrogens with one attached hydrogen (secondary N) is 2. The third kappa shape index (κ3) is 6.31. The van der Waals surface area contributed by atoms with Crippen LogP contribution in [0.3, 0.4) is 0 Å². The van der Waals surface area contributed by atoms with E-state index in [1.54, 1.807) is 25.1 Å². The summed E-state index contributed by atoms with van der Waals surface area (Å²) in [6.07, 6.45) is 2.95. The molecule has 0 radical (unpaired) electrons. The molecule has 9 nitrogen and oxygen atoms in total. The third-order valence-electron chi connectivity index (χ3n) is 5.06. The fourth-order valence-corrected chi connectivity index (χ4v) is 3.42. The highest BCUT2D eigenvalue weighted by atomic mass is 16.5. The van der Waals surface area contributed by atoms with Crippen LogP contribution < -0.4 is 10.6 Å². The topological polar surface area (TPSA) is 116 Å². The van der Waals surface area contributed by atoms with E-state index in [1.165, 1.54) is 25.3 Å². The molecule has 2 rings (SSSR count). The average Bonchev–Trinajstić information content (AvgIpc) is 3.04. The van der Waals surface area contributed by atoms with Crippen molar-refractivity contribution < 1.29 is 28.7 Å². The molecule has 176 valence electrons. The van der Waals surface area contributed by atoms with Gasteiger partial charge >= 0.3 is 11.9 Å². The minimum absolute atomic E-state index is 0.231. The van der Waals surface area contributed by atoms with E-state index >= 15 is 0 Å². The standard InChI is InChI=1S/C24H29N3O6/c1-6-27-15(3)19(22(16(27)4)24(31)33-7-2)12-13-20(28)26-18-10-8-17(9-11-18)23(30)25-14-21(29)32-5/h8-13H,6-7,14H2,1-5H3,(H,25,30)(H,26,28)/b13-12+. The van der Waals surface area contributed by atoms with Crippen LogP contribution in [-0.2, 0) is 25.6 Å². The molecule has 2 N–H and O–H groups in total. The van der Waals surface area contributed by atoms with Crippen molar-refractivity contribution in [2.24, 2.45) is 0 Å². The number of hydrogen-bond donors (Lipinski definition) is 2. The molecular formula is C24H29N3O6. The monoisotopic (exact) mass is 455 g/mol. The molecule has 0 fully saturated rings. The van der Waals surface area contributed by atoms with Crippen molar-refractivity contribution in [1.82, 2.24) is 9.88 Å². The lowest BCUT2D eigenvalue weighted by Gasteiger charge is -2.06. The molecule has 0 saturated carbocycles. The predicted octanol–water partition coefficient (Wildman–Crippen LogP) is 2.86. The predicted molar refractivity (Wildman–Crippen MR) is 124 cm³/mol. The minimum atomic E-state index is -0.551. The van der Waals surface area contributed by atoms with Gasteiger partial charge in [-0.05, 0) is 58.0 Å². The first-order valence-corrected chi connectivity index (χ1v) is 10.5. The molecule has 1 heterocycles. The number of carbonyl (C=O) groups is 4. The quantitative estimate of drug-likeness (QED) is 0.444. The summed E-state index contributed by atoms with van der Waals surface area (Å²) >= 11 is 0. The van der Waals surface area contributed by atoms with Crippen molar-refractivity contribution in [2.45, 2.75) is 34.2 Å². The molecule has 0 bridgehead atoms. The zero-order valence-electron chi connectivity index (χ0n) is 19.5. The van der Waals surface area contributed by atoms with Crippen LogP contribution in [0.2, 0.25) is 0 Å². The fraction of sp³-hybridized carbons (Fsp3) is 0.333. The van der Waals surface area contributed by atoms with Crippen molar-refractivity contribution in [3.05, 3.63) is 58.4 Å². The van der Waals surface area contributed by atoms with Crippen LogP contribution in [0.15, 0.2) is 30.3 Å². The molecule has 2 amide bonds. The van der Waals surface area contributed by atoms with Crippen LogP contribution in [-0.4, -0.2) is 48.6 Å². The molecular weight excluding hydrogens is 426 g/mol. The molecule has 2 aromatic rings. The maximum Gasteiger partial charge on any atom is 0.340 e. The molecule has 0 aliphatic rings. The van der Waals surface area contributed by atoms with Crippen LogP contribution in [0.4, 0.5) is 5.69 Å². The minimum Gasteiger partial charge on any atom is -0.468 e. The van der Waals surface area contributed by atoms with E-state index in [0.717, 1.165) is 11.4 Å². The van der Waals surface area contributed by atoms with E-state index in [0.29, 0.717) is 28.9 Å². The summed E-state index contributed by atoms with van der Waals surface area (Å²) in [6.45, 7) is 8.18. The van der Waals surface area contributed by atoms with Crippen molar-refractivity contribution in [3.63, 3.8) is 0 Å². The lowest BCUT2D eigenvalue weighted by Crippen LogP contribution is -2.30. The number of anilines is 1. The highest BCUT2D eigenvalue weighted by Crippen LogP contribution is 2.25. The van der Waals surface area contributed by atoms with E-state index in [2.05, 4.69) is 15.4 Å². The van der Waals surface area contributed by atoms with Crippen LogP contribution in [0.1, 0.15) is 51.5 Å². The van der Waals surface area contributed by atoms with Gasteiger partial charge in [-0.1, -0.05) is 0 Å². The molecule has 0 aliphatic heterocycles. The molecule has 1 aromatic carbocycles. The Balaban J connectivity index is 2.12. The number of methoxy groups -OCH3 is 1. The Hall–Kier alpha value is -3.88. The molecule has 0 saturated heterocycles. The fourth-order valence-electron chi connectivity index (χ4n) is 3.42. The van der Waals surface area contributed by atoms with Gasteiger partial charge in [-0.3, -0.25) is 14.4 Å². The van der Waals surface area contributed by atoms with Crippen molar-refractivity contribution >= 4 is 35.5 Å². The zero-order chi connectivity index (χ0) is 24.5. The smallest absolute Gasteiger partial charge is 0.340 e. The number of ether oxygens (including phenoxy) is 2. The van der Waals surface area contributed by atoms with E-state index in [1.807, 2.05) is 25.3 Å². The zero-order valence-corrected chi connectivity index (χ0v) is 19.5. The van der Waals surface area contributed by atoms with Gasteiger partial charge in [-0.25, -0.2) is 4.79 Å². The highest BCUT2D eigenvalue weighted by Gasteiger charge is 2.22. The van der Waals surface area contributed by atoms with E-state index < -0.39 is 23.8 Å². The first-order valence-electron chi connectivity index (χ1n) is 10.5. The largest absolute Gasteiger partial charge is 0.468 e. The van der Waals surface area contributed by atoms with E-state index in [4.69, 9.17) is 4.74 Å². The Bertz CT molecular complexity index is 1070. The van der Waals surface area contributed by atoms with Gasteiger partial charge in [0.2, 0.25) is 5.91 Å². The Morgan fingerprint density at radius 2 is 1.70 bits per heavy atom. The van der Waals surface area contributed by atoms with Gasteiger partial charge in [-0.2, -0.15) is 0 Å². The summed E-state index contributed by atoms with van der Waals surface area (Å²) < 4.78 is 11.7. The SMILES string of the molecule is CCOC(=O)c1c(/C=C/C(=O)Nc2ccc(C(=O)NCC(=O)OC)cc2)c(C)n(CC)c1C. The first-order chi connectivity index (χ1) is 15.7. The third-order valence-corrected chi connectivity index (χ3v) is 5.06. The van der Waals surface area contributed by atoms with Gasteiger partial charge < -0.3 is 24.7 Å². The van der Waals surface area contributed by atoms with Gasteiger partial charge in [0.25, 0.3) is 5.91 Å². The number of carbonyl (C=O) groups excluding carboxylic acids is 4. The van der Waals surface area contributed by atoms with Gasteiger partial charge in [0.15, 0.2) is 0 Å². The van der Waals surface area contributed by atoms with Crippen molar-refractivity contribution in [1.29, 1.82) is 0 Å². The van der Waals surface area contributed by atoms with Crippen LogP contribution in [0, 0.1) is 13.8 Å². The second-order valence-electron chi connectivity index (χ2n) is 7.08. The van der Waals surface area contributed by atoms with Gasteiger partial charge in [-0.15, -0.1) is 0 Å². The number of nitrogens with zero attached hydrogens (tertiary/aromatic N) is 1. The summed E-state index contributed by atoms with van der Waals surface area (Å²) in [5.41, 5.74) is 3.56. The summed E-state index contributed by atoms with van der Waals surface area (Å²) in [5.74, 6) is -1.80. The van der Waals surface area contributed by atoms with E-state index in [9.17, 15) is 19.2 Å². The number of rotatable bonds is 9. The maximum atomic E-state index is 12.5. The number of benzene rings is 1. The lowest BCUT2D eigenvalue weighted by atomic mass is 10.1. The highest BCUT2D eigenvalue weighted by molar-refractivity contribution is 6.04. The molecule has 0 aliphatic carbocycles. The van der Waals surface area contributed by atoms with Gasteiger partial charge in [0.1, 0.15) is 6.54 Å². The molecule has 9 heteroatoms. The molecule has 0 spiro atoms. The summed E-state index contributed by atoms with van der Waals surface area (Å²) in [6, 6.07) is 6.21. The molecule has 33 heavy (non-hydrogen) atoms. The summed E-state index contributed by atoms with van der Waals surface area (Å²) in [4.78, 5) is 48.0. The first kappa shape index (κ1) is 25.4. The number of amides is 2. The number of aromatic nitrogens is 1. The second-order valence-corrected chi connectivity index (χ2v) is 7.08. The second kappa shape index (κ2) is 11.7. The Morgan fingerprint density at radius 3 is 2.27 bits per heavy atom. The number of hydrogen-bond acceptors (Lipinski definition) is 6. The molecule has 0 unspecified atom stereocenters. The average molecular weight is 456 g/mol. The Morgan fingerprint density at radius 1 is 1.03 bits per heavy atom. The van der Waals surface area contributed by atoms with E-state index in [-0.39, 0.29) is 13.2 Å². The normalized spacial score (nSPS) is 10.7. The summed E-state index contributed by atoms with van der Waals surface area (Å²) in [7, 11) is 1.24. The van der Waals surface area contributed by atoms with Crippen molar-refractivity contribution in [3.8, 4) is 0 Å². The molecule has 1 aromatic heterocycles. The lowest BCUT2D eigenvalue weighted by molar-refractivity contribution is -0.139. The Kier molecular flexibility index (Phi) is 8.97. The van der Waals surface area contributed by atoms with Crippen LogP contribution >= 0.6 is 0 Å². The maximum absolute atomic E-state index is 12.5. The Labute approximate surface area is 192 Å². The van der Waals surface area contributed by atoms with Crippen LogP contribution in [0.5, 0.6) is 0 Å².